The van der Waals surface area contributed by atoms with Gasteiger partial charge in [-0.05, 0) is 75.9 Å². The van der Waals surface area contributed by atoms with E-state index in [0.717, 1.165) is 28.4 Å². The zero-order chi connectivity index (χ0) is 26.5. The monoisotopic (exact) mass is 546 g/mol. The van der Waals surface area contributed by atoms with Gasteiger partial charge in [0.25, 0.3) is 16.8 Å². The van der Waals surface area contributed by atoms with E-state index in [1.165, 1.54) is 16.8 Å². The van der Waals surface area contributed by atoms with Gasteiger partial charge in [0.15, 0.2) is 0 Å². The molecule has 1 fully saturated rings. The van der Waals surface area contributed by atoms with Crippen LogP contribution in [0.1, 0.15) is 5.56 Å². The number of ether oxygens (including phenoxy) is 1. The molecule has 0 saturated carbocycles. The average Bonchev–Trinajstić information content (AvgIpc) is 3.50. The summed E-state index contributed by atoms with van der Waals surface area (Å²) in [4.78, 5) is 38.2. The van der Waals surface area contributed by atoms with Crippen molar-refractivity contribution in [2.75, 3.05) is 13.2 Å². The van der Waals surface area contributed by atoms with Crippen LogP contribution in [-0.2, 0) is 4.79 Å². The summed E-state index contributed by atoms with van der Waals surface area (Å²) in [6.07, 6.45) is 1.47. The van der Waals surface area contributed by atoms with Gasteiger partial charge in [-0.3, -0.25) is 24.6 Å². The Morgan fingerprint density at radius 2 is 1.76 bits per heavy atom. The van der Waals surface area contributed by atoms with Crippen LogP contribution >= 0.6 is 23.5 Å². The number of nitro groups is 1. The van der Waals surface area contributed by atoms with E-state index < -0.39 is 16.1 Å². The summed E-state index contributed by atoms with van der Waals surface area (Å²) in [7, 11) is 0. The van der Waals surface area contributed by atoms with E-state index in [9.17, 15) is 19.7 Å². The van der Waals surface area contributed by atoms with Gasteiger partial charge >= 0.3 is 0 Å². The Kier molecular flexibility index (Phi) is 7.47. The predicted octanol–water partition coefficient (Wildman–Crippen LogP) is 4.84. The lowest BCUT2D eigenvalue weighted by Gasteiger charge is -2.13. The second kappa shape index (κ2) is 11.3. The first-order valence-corrected chi connectivity index (χ1v) is 12.9. The van der Waals surface area contributed by atoms with Crippen LogP contribution in [0.2, 0.25) is 0 Å². The Hall–Kier alpha value is -4.49. The quantitative estimate of drug-likeness (QED) is 0.163. The number of benzene rings is 3. The maximum atomic E-state index is 12.8. The van der Waals surface area contributed by atoms with Crippen molar-refractivity contribution < 1.29 is 19.2 Å². The molecule has 0 N–H and O–H groups in total. The van der Waals surface area contributed by atoms with Gasteiger partial charge in [-0.2, -0.15) is 4.68 Å². The first kappa shape index (κ1) is 25.2. The Morgan fingerprint density at radius 1 is 1.03 bits per heavy atom. The largest absolute Gasteiger partial charge is 0.492 e. The van der Waals surface area contributed by atoms with Gasteiger partial charge in [-0.15, -0.1) is 5.10 Å². The Morgan fingerprint density at radius 3 is 2.50 bits per heavy atom. The fourth-order valence-electron chi connectivity index (χ4n) is 3.54. The van der Waals surface area contributed by atoms with Crippen molar-refractivity contribution in [3.8, 4) is 11.4 Å². The normalized spacial score (nSPS) is 14.3. The van der Waals surface area contributed by atoms with Gasteiger partial charge in [-0.25, -0.2) is 0 Å². The van der Waals surface area contributed by atoms with Gasteiger partial charge in [0.1, 0.15) is 12.4 Å². The SMILES string of the molecule is O=C1S/C(=C\c2ccc(Sc3nnnn3-c3ccccc3)c([N+](=O)[O-])c2)C(=O)N1CCOc1ccccc1. The van der Waals surface area contributed by atoms with Crippen molar-refractivity contribution in [1.82, 2.24) is 25.1 Å². The summed E-state index contributed by atoms with van der Waals surface area (Å²) in [5.41, 5.74) is 0.945. The summed E-state index contributed by atoms with van der Waals surface area (Å²) in [6.45, 7) is 0.234. The van der Waals surface area contributed by atoms with Crippen LogP contribution in [0.3, 0.4) is 0 Å². The van der Waals surface area contributed by atoms with Crippen LogP contribution in [0, 0.1) is 10.1 Å². The number of imide groups is 1. The number of rotatable bonds is 9. The average molecular weight is 547 g/mol. The number of nitro benzene ring substituents is 1. The lowest BCUT2D eigenvalue weighted by atomic mass is 10.2. The van der Waals surface area contributed by atoms with Crippen molar-refractivity contribution in [3.63, 3.8) is 0 Å². The van der Waals surface area contributed by atoms with Crippen molar-refractivity contribution in [3.05, 3.63) is 99.4 Å². The molecule has 1 aliphatic heterocycles. The number of hydrogen-bond donors (Lipinski definition) is 0. The van der Waals surface area contributed by atoms with Gasteiger partial charge in [-0.1, -0.05) is 42.5 Å². The molecule has 0 radical (unpaired) electrons. The van der Waals surface area contributed by atoms with E-state index in [1.54, 1.807) is 24.3 Å². The fraction of sp³-hybridized carbons (Fsp3) is 0.0800. The van der Waals surface area contributed by atoms with Crippen LogP contribution in [0.25, 0.3) is 11.8 Å². The lowest BCUT2D eigenvalue weighted by molar-refractivity contribution is -0.387. The van der Waals surface area contributed by atoms with E-state index in [4.69, 9.17) is 4.74 Å². The Balaban J connectivity index is 1.32. The third kappa shape index (κ3) is 5.58. The molecule has 0 unspecified atom stereocenters. The van der Waals surface area contributed by atoms with E-state index in [1.807, 2.05) is 48.5 Å². The molecule has 1 aliphatic rings. The maximum Gasteiger partial charge on any atom is 0.293 e. The molecule has 2 heterocycles. The van der Waals surface area contributed by atoms with Crippen LogP contribution < -0.4 is 4.74 Å². The van der Waals surface area contributed by atoms with Crippen molar-refractivity contribution in [2.24, 2.45) is 0 Å². The Labute approximate surface area is 224 Å². The van der Waals surface area contributed by atoms with Crippen LogP contribution in [-0.4, -0.2) is 54.3 Å². The molecule has 0 bridgehead atoms. The first-order valence-electron chi connectivity index (χ1n) is 11.2. The van der Waals surface area contributed by atoms with E-state index in [-0.39, 0.29) is 23.7 Å². The molecule has 190 valence electrons. The van der Waals surface area contributed by atoms with Crippen molar-refractivity contribution in [2.45, 2.75) is 10.1 Å². The highest BCUT2D eigenvalue weighted by atomic mass is 32.2. The Bertz CT molecular complexity index is 1530. The lowest BCUT2D eigenvalue weighted by Crippen LogP contribution is -2.32. The van der Waals surface area contributed by atoms with Crippen LogP contribution in [0.4, 0.5) is 10.5 Å². The number of carbonyl (C=O) groups excluding carboxylic acids is 2. The summed E-state index contributed by atoms with van der Waals surface area (Å²) in [6, 6.07) is 22.8. The van der Waals surface area contributed by atoms with Crippen LogP contribution in [0.15, 0.2) is 93.8 Å². The summed E-state index contributed by atoms with van der Waals surface area (Å²) in [5.74, 6) is 0.165. The summed E-state index contributed by atoms with van der Waals surface area (Å²) < 4.78 is 7.07. The number of tetrazole rings is 1. The minimum atomic E-state index is -0.511. The number of para-hydroxylation sites is 2. The first-order chi connectivity index (χ1) is 18.5. The van der Waals surface area contributed by atoms with Gasteiger partial charge < -0.3 is 4.74 Å². The summed E-state index contributed by atoms with van der Waals surface area (Å²) in [5, 5.41) is 23.5. The zero-order valence-electron chi connectivity index (χ0n) is 19.5. The second-order valence-electron chi connectivity index (χ2n) is 7.79. The van der Waals surface area contributed by atoms with E-state index in [0.29, 0.717) is 27.1 Å². The zero-order valence-corrected chi connectivity index (χ0v) is 21.2. The van der Waals surface area contributed by atoms with E-state index >= 15 is 0 Å². The van der Waals surface area contributed by atoms with Crippen molar-refractivity contribution in [1.29, 1.82) is 0 Å². The predicted molar refractivity (Wildman–Crippen MR) is 141 cm³/mol. The number of thioether (sulfide) groups is 1. The number of carbonyl (C=O) groups is 2. The maximum absolute atomic E-state index is 12.8. The number of amides is 2. The number of nitrogens with zero attached hydrogens (tertiary/aromatic N) is 6. The molecule has 5 rings (SSSR count). The number of hydrogen-bond acceptors (Lipinski definition) is 10. The van der Waals surface area contributed by atoms with Gasteiger partial charge in [0.05, 0.1) is 27.0 Å². The topological polar surface area (TPSA) is 133 Å². The molecule has 1 saturated heterocycles. The van der Waals surface area contributed by atoms with Crippen molar-refractivity contribution >= 4 is 46.4 Å². The molecule has 1 aromatic heterocycles. The molecule has 38 heavy (non-hydrogen) atoms. The van der Waals surface area contributed by atoms with E-state index in [2.05, 4.69) is 15.5 Å². The summed E-state index contributed by atoms with van der Waals surface area (Å²) >= 11 is 1.83. The van der Waals surface area contributed by atoms with Gasteiger partial charge in [0.2, 0.25) is 5.16 Å². The minimum absolute atomic E-state index is 0.0861. The molecule has 2 amide bonds. The fourth-order valence-corrected chi connectivity index (χ4v) is 5.28. The van der Waals surface area contributed by atoms with Gasteiger partial charge in [0, 0.05) is 6.07 Å². The number of aromatic nitrogens is 4. The molecular formula is C25H18N6O5S2. The van der Waals surface area contributed by atoms with Crippen LogP contribution in [0.5, 0.6) is 5.75 Å². The third-order valence-electron chi connectivity index (χ3n) is 5.32. The molecule has 0 spiro atoms. The molecule has 0 atom stereocenters. The minimum Gasteiger partial charge on any atom is -0.492 e. The second-order valence-corrected chi connectivity index (χ2v) is 9.79. The standard InChI is InChI=1S/C25H18N6O5S2/c32-23-22(38-25(33)29(23)13-14-36-19-9-5-2-6-10-19)16-17-11-12-21(20(15-17)31(34)35)37-24-26-27-28-30(24)18-7-3-1-4-8-18/h1-12,15-16H,13-14H2/b22-16-. The molecule has 13 heteroatoms. The third-order valence-corrected chi connectivity index (χ3v) is 7.23. The highest BCUT2D eigenvalue weighted by Gasteiger charge is 2.35. The highest BCUT2D eigenvalue weighted by molar-refractivity contribution is 8.18. The molecule has 3 aromatic carbocycles. The smallest absolute Gasteiger partial charge is 0.293 e. The highest BCUT2D eigenvalue weighted by Crippen LogP contribution is 2.37. The molecular weight excluding hydrogens is 528 g/mol. The molecule has 11 nitrogen and oxygen atoms in total. The molecule has 0 aliphatic carbocycles. The molecule has 4 aromatic rings.